The Morgan fingerprint density at radius 3 is 2.61 bits per heavy atom. The van der Waals surface area contributed by atoms with E-state index in [1.165, 1.54) is 12.1 Å². The summed E-state index contributed by atoms with van der Waals surface area (Å²) < 4.78 is 19.9. The predicted octanol–water partition coefficient (Wildman–Crippen LogP) is 3.56. The fraction of sp³-hybridized carbons (Fsp3) is 0.444. The lowest BCUT2D eigenvalue weighted by Gasteiger charge is -2.35. The molecule has 3 aliphatic heterocycles. The van der Waals surface area contributed by atoms with Gasteiger partial charge in [-0.3, -0.25) is 4.79 Å². The molecule has 1 N–H and O–H groups in total. The summed E-state index contributed by atoms with van der Waals surface area (Å²) in [6.07, 6.45) is 4.06. The highest BCUT2D eigenvalue weighted by Gasteiger charge is 2.33. The minimum Gasteiger partial charge on any atom is -0.378 e. The van der Waals surface area contributed by atoms with E-state index < -0.39 is 0 Å². The van der Waals surface area contributed by atoms with Crippen molar-refractivity contribution in [1.29, 1.82) is 0 Å². The molecule has 2 saturated heterocycles. The molecule has 36 heavy (non-hydrogen) atoms. The Balaban J connectivity index is 1.23. The fourth-order valence-corrected chi connectivity index (χ4v) is 5.45. The monoisotopic (exact) mass is 490 g/mol. The number of H-pyrrole nitrogens is 1. The van der Waals surface area contributed by atoms with E-state index in [2.05, 4.69) is 25.8 Å². The number of morpholine rings is 1. The molecular weight excluding hydrogens is 459 g/mol. The first-order valence-corrected chi connectivity index (χ1v) is 12.8. The first-order chi connectivity index (χ1) is 17.6. The molecule has 1 aromatic carbocycles. The number of ether oxygens (including phenoxy) is 1. The average Bonchev–Trinajstić information content (AvgIpc) is 3.28. The second-order valence-electron chi connectivity index (χ2n) is 9.84. The number of carbonyl (C=O) groups is 1. The van der Waals surface area contributed by atoms with Crippen LogP contribution in [0.15, 0.2) is 36.5 Å². The number of nitrogens with zero attached hydrogens (tertiary/aromatic N) is 5. The molecule has 3 aromatic rings. The van der Waals surface area contributed by atoms with E-state index in [1.807, 2.05) is 24.1 Å². The number of piperidine rings is 1. The summed E-state index contributed by atoms with van der Waals surface area (Å²) in [4.78, 5) is 32.9. The maximum absolute atomic E-state index is 14.4. The van der Waals surface area contributed by atoms with Crippen LogP contribution in [0, 0.1) is 18.7 Å². The number of aryl methyl sites for hydroxylation is 1. The van der Waals surface area contributed by atoms with Gasteiger partial charge in [-0.05, 0) is 49.6 Å². The maximum Gasteiger partial charge on any atom is 0.230 e. The first-order valence-electron chi connectivity index (χ1n) is 12.8. The van der Waals surface area contributed by atoms with Crippen LogP contribution in [0.5, 0.6) is 0 Å². The van der Waals surface area contributed by atoms with Gasteiger partial charge in [-0.2, -0.15) is 0 Å². The van der Waals surface area contributed by atoms with Crippen LogP contribution in [0.25, 0.3) is 11.3 Å². The number of nitrogens with one attached hydrogen (secondary N) is 1. The SMILES string of the molecule is Cc1ccc(N2CCC(C(=O)N3CCc4[nH]c(N5CCOCC5)nc4-c4cc(F)ccc43)CC2)nc1. The summed E-state index contributed by atoms with van der Waals surface area (Å²) in [6.45, 7) is 7.01. The van der Waals surface area contributed by atoms with Crippen LogP contribution >= 0.6 is 0 Å². The molecule has 8 nitrogen and oxygen atoms in total. The largest absolute Gasteiger partial charge is 0.378 e. The molecule has 0 unspecified atom stereocenters. The van der Waals surface area contributed by atoms with Crippen LogP contribution in [0.4, 0.5) is 21.8 Å². The van der Waals surface area contributed by atoms with Gasteiger partial charge in [0.25, 0.3) is 0 Å². The fourth-order valence-electron chi connectivity index (χ4n) is 5.45. The summed E-state index contributed by atoms with van der Waals surface area (Å²) >= 11 is 0. The van der Waals surface area contributed by atoms with Gasteiger partial charge < -0.3 is 24.4 Å². The van der Waals surface area contributed by atoms with Gasteiger partial charge in [0.2, 0.25) is 11.9 Å². The number of benzene rings is 1. The van der Waals surface area contributed by atoms with Crippen molar-refractivity contribution in [3.05, 3.63) is 53.6 Å². The van der Waals surface area contributed by atoms with Gasteiger partial charge in [-0.25, -0.2) is 14.4 Å². The van der Waals surface area contributed by atoms with Crippen LogP contribution in [-0.4, -0.2) is 66.8 Å². The molecule has 0 bridgehead atoms. The summed E-state index contributed by atoms with van der Waals surface area (Å²) in [5.41, 5.74) is 4.23. The van der Waals surface area contributed by atoms with Crippen molar-refractivity contribution in [3.63, 3.8) is 0 Å². The van der Waals surface area contributed by atoms with Crippen LogP contribution in [0.3, 0.4) is 0 Å². The van der Waals surface area contributed by atoms with Crippen LogP contribution in [0.1, 0.15) is 24.1 Å². The van der Waals surface area contributed by atoms with Crippen molar-refractivity contribution in [2.75, 3.05) is 60.6 Å². The average molecular weight is 491 g/mol. The Kier molecular flexibility index (Phi) is 6.08. The Hall–Kier alpha value is -3.46. The molecule has 0 aliphatic carbocycles. The highest BCUT2D eigenvalue weighted by molar-refractivity contribution is 5.99. The molecule has 9 heteroatoms. The number of aromatic nitrogens is 3. The van der Waals surface area contributed by atoms with Gasteiger partial charge in [0.15, 0.2) is 0 Å². The van der Waals surface area contributed by atoms with Gasteiger partial charge in [0.05, 0.1) is 24.6 Å². The molecule has 2 fully saturated rings. The van der Waals surface area contributed by atoms with Crippen molar-refractivity contribution in [1.82, 2.24) is 15.0 Å². The lowest BCUT2D eigenvalue weighted by atomic mass is 9.94. The number of hydrogen-bond donors (Lipinski definition) is 1. The van der Waals surface area contributed by atoms with Crippen molar-refractivity contribution in [3.8, 4) is 11.3 Å². The molecule has 6 rings (SSSR count). The van der Waals surface area contributed by atoms with Gasteiger partial charge in [0.1, 0.15) is 11.6 Å². The number of fused-ring (bicyclic) bond motifs is 3. The maximum atomic E-state index is 14.4. The number of amides is 1. The Morgan fingerprint density at radius 1 is 1.06 bits per heavy atom. The number of hydrogen-bond acceptors (Lipinski definition) is 6. The van der Waals surface area contributed by atoms with Crippen LogP contribution < -0.4 is 14.7 Å². The number of aromatic amines is 1. The Morgan fingerprint density at radius 2 is 1.86 bits per heavy atom. The molecule has 3 aliphatic rings. The van der Waals surface area contributed by atoms with Gasteiger partial charge in [0, 0.05) is 62.5 Å². The molecular formula is C27H31FN6O2. The molecule has 0 radical (unpaired) electrons. The second kappa shape index (κ2) is 9.54. The quantitative estimate of drug-likeness (QED) is 0.605. The molecule has 188 valence electrons. The third-order valence-electron chi connectivity index (χ3n) is 7.50. The number of imidazole rings is 1. The van der Waals surface area contributed by atoms with Crippen molar-refractivity contribution in [2.24, 2.45) is 5.92 Å². The van der Waals surface area contributed by atoms with E-state index >= 15 is 0 Å². The molecule has 0 atom stereocenters. The highest BCUT2D eigenvalue weighted by atomic mass is 19.1. The van der Waals surface area contributed by atoms with E-state index in [4.69, 9.17) is 9.72 Å². The van der Waals surface area contributed by atoms with Gasteiger partial charge >= 0.3 is 0 Å². The Labute approximate surface area is 210 Å². The zero-order chi connectivity index (χ0) is 24.6. The summed E-state index contributed by atoms with van der Waals surface area (Å²) in [5.74, 6) is 1.46. The summed E-state index contributed by atoms with van der Waals surface area (Å²) in [7, 11) is 0. The van der Waals surface area contributed by atoms with E-state index in [0.29, 0.717) is 31.7 Å². The van der Waals surface area contributed by atoms with Gasteiger partial charge in [-0.15, -0.1) is 0 Å². The molecule has 1 amide bonds. The summed E-state index contributed by atoms with van der Waals surface area (Å²) in [5, 5.41) is 0. The smallest absolute Gasteiger partial charge is 0.230 e. The standard InChI is InChI=1S/C27H31FN6O2/c1-18-2-5-24(29-17-18)32-9-6-19(7-10-32)26(35)34-11-8-22-25(21-16-20(28)3-4-23(21)34)31-27(30-22)33-12-14-36-15-13-33/h2-5,16-17,19H,6-15H2,1H3,(H,30,31). The van der Waals surface area contributed by atoms with E-state index in [0.717, 1.165) is 73.4 Å². The highest BCUT2D eigenvalue weighted by Crippen LogP contribution is 2.38. The second-order valence-corrected chi connectivity index (χ2v) is 9.84. The number of anilines is 3. The topological polar surface area (TPSA) is 77.6 Å². The van der Waals surface area contributed by atoms with Crippen molar-refractivity contribution < 1.29 is 13.9 Å². The number of rotatable bonds is 3. The lowest BCUT2D eigenvalue weighted by molar-refractivity contribution is -0.123. The first kappa shape index (κ1) is 23.0. The number of halogens is 1. The van der Waals surface area contributed by atoms with E-state index in [1.54, 1.807) is 6.07 Å². The number of pyridine rings is 1. The third kappa shape index (κ3) is 4.32. The van der Waals surface area contributed by atoms with Gasteiger partial charge in [-0.1, -0.05) is 6.07 Å². The van der Waals surface area contributed by atoms with E-state index in [9.17, 15) is 9.18 Å². The van der Waals surface area contributed by atoms with Crippen LogP contribution in [-0.2, 0) is 16.0 Å². The molecule has 2 aromatic heterocycles. The minimum atomic E-state index is -0.330. The predicted molar refractivity (Wildman–Crippen MR) is 137 cm³/mol. The molecule has 0 saturated carbocycles. The minimum absolute atomic E-state index is 0.0714. The lowest BCUT2D eigenvalue weighted by Crippen LogP contribution is -2.43. The Bertz CT molecular complexity index is 1250. The van der Waals surface area contributed by atoms with E-state index in [-0.39, 0.29) is 17.6 Å². The van der Waals surface area contributed by atoms with Crippen molar-refractivity contribution in [2.45, 2.75) is 26.2 Å². The van der Waals surface area contributed by atoms with Crippen molar-refractivity contribution >= 4 is 23.4 Å². The zero-order valence-electron chi connectivity index (χ0n) is 20.5. The zero-order valence-corrected chi connectivity index (χ0v) is 20.5. The van der Waals surface area contributed by atoms with Crippen LogP contribution in [0.2, 0.25) is 0 Å². The molecule has 5 heterocycles. The third-order valence-corrected chi connectivity index (χ3v) is 7.50. The normalized spacial score (nSPS) is 18.6. The number of carbonyl (C=O) groups excluding carboxylic acids is 1. The molecule has 0 spiro atoms. The summed E-state index contributed by atoms with van der Waals surface area (Å²) in [6, 6.07) is 8.79.